The molecule has 1 aliphatic rings. The van der Waals surface area contributed by atoms with Crippen molar-refractivity contribution in [3.8, 4) is 0 Å². The predicted octanol–water partition coefficient (Wildman–Crippen LogP) is 4.57. The van der Waals surface area contributed by atoms with Gasteiger partial charge in [0.05, 0.1) is 16.3 Å². The average molecular weight is 465 g/mol. The van der Waals surface area contributed by atoms with Crippen LogP contribution in [0.2, 0.25) is 0 Å². The molecule has 4 rings (SSSR count). The van der Waals surface area contributed by atoms with E-state index in [2.05, 4.69) is 21.7 Å². The van der Waals surface area contributed by atoms with E-state index in [-0.39, 0.29) is 17.2 Å². The molecular formula is C26H32N4O2S. The molecule has 1 atom stereocenters. The molecule has 0 radical (unpaired) electrons. The molecule has 0 saturated heterocycles. The molecule has 0 bridgehead atoms. The molecule has 1 heterocycles. The topological polar surface area (TPSA) is 97.1 Å². The van der Waals surface area contributed by atoms with Crippen LogP contribution in [0.1, 0.15) is 49.7 Å². The molecule has 0 spiro atoms. The van der Waals surface area contributed by atoms with Crippen LogP contribution in [0.4, 0.5) is 5.13 Å². The lowest BCUT2D eigenvalue weighted by Gasteiger charge is -2.37. The van der Waals surface area contributed by atoms with Crippen LogP contribution in [0.15, 0.2) is 48.5 Å². The Morgan fingerprint density at radius 3 is 2.64 bits per heavy atom. The minimum absolute atomic E-state index is 0.0458. The van der Waals surface area contributed by atoms with Crippen molar-refractivity contribution >= 4 is 38.5 Å². The third kappa shape index (κ3) is 6.18. The summed E-state index contributed by atoms with van der Waals surface area (Å²) in [6, 6.07) is 15.3. The molecule has 174 valence electrons. The van der Waals surface area contributed by atoms with E-state index in [1.807, 2.05) is 49.4 Å². The number of anilines is 1. The first-order valence-corrected chi connectivity index (χ1v) is 12.5. The first-order chi connectivity index (χ1) is 15.9. The zero-order valence-electron chi connectivity index (χ0n) is 19.1. The number of benzene rings is 2. The molecule has 7 heteroatoms. The number of carbonyl (C=O) groups is 2. The van der Waals surface area contributed by atoms with Gasteiger partial charge in [0.25, 0.3) is 0 Å². The smallest absolute Gasteiger partial charge is 0.237 e. The average Bonchev–Trinajstić information content (AvgIpc) is 3.19. The Morgan fingerprint density at radius 1 is 1.12 bits per heavy atom. The lowest BCUT2D eigenvalue weighted by Crippen LogP contribution is -2.47. The Hall–Kier alpha value is -2.77. The lowest BCUT2D eigenvalue weighted by atomic mass is 9.71. The highest BCUT2D eigenvalue weighted by Crippen LogP contribution is 2.39. The molecule has 6 nitrogen and oxygen atoms in total. The summed E-state index contributed by atoms with van der Waals surface area (Å²) in [6.45, 7) is 2.52. The largest absolute Gasteiger partial charge is 0.354 e. The SMILES string of the molecule is Cc1ccc2nc(NC(=O)CC3(CNC(=O)[C@@H](N)Cc4ccccc4)CCCCC3)sc2c1. The maximum atomic E-state index is 13.0. The van der Waals surface area contributed by atoms with Gasteiger partial charge in [0, 0.05) is 13.0 Å². The highest BCUT2D eigenvalue weighted by molar-refractivity contribution is 7.22. The van der Waals surface area contributed by atoms with Crippen LogP contribution in [0, 0.1) is 12.3 Å². The molecule has 3 aromatic rings. The van der Waals surface area contributed by atoms with Crippen molar-refractivity contribution in [2.45, 2.75) is 57.9 Å². The number of carbonyl (C=O) groups excluding carboxylic acids is 2. The minimum Gasteiger partial charge on any atom is -0.354 e. The first kappa shape index (κ1) is 23.4. The highest BCUT2D eigenvalue weighted by atomic mass is 32.1. The van der Waals surface area contributed by atoms with Crippen LogP contribution in [-0.4, -0.2) is 29.4 Å². The van der Waals surface area contributed by atoms with Gasteiger partial charge in [-0.1, -0.05) is 67.0 Å². The van der Waals surface area contributed by atoms with Crippen molar-refractivity contribution in [1.29, 1.82) is 0 Å². The van der Waals surface area contributed by atoms with Gasteiger partial charge in [-0.15, -0.1) is 0 Å². The number of rotatable bonds is 8. The van der Waals surface area contributed by atoms with Crippen LogP contribution in [0.25, 0.3) is 10.2 Å². The summed E-state index contributed by atoms with van der Waals surface area (Å²) in [5, 5.41) is 6.68. The number of nitrogens with two attached hydrogens (primary N) is 1. The fourth-order valence-electron chi connectivity index (χ4n) is 4.67. The predicted molar refractivity (Wildman–Crippen MR) is 134 cm³/mol. The number of aryl methyl sites for hydroxylation is 1. The van der Waals surface area contributed by atoms with Crippen LogP contribution in [0.5, 0.6) is 0 Å². The highest BCUT2D eigenvalue weighted by Gasteiger charge is 2.35. The Labute approximate surface area is 199 Å². The van der Waals surface area contributed by atoms with Gasteiger partial charge >= 0.3 is 0 Å². The second-order valence-corrected chi connectivity index (χ2v) is 10.3. The van der Waals surface area contributed by atoms with E-state index in [0.29, 0.717) is 24.5 Å². The molecule has 1 aliphatic carbocycles. The third-order valence-electron chi connectivity index (χ3n) is 6.51. The standard InChI is InChI=1S/C26H32N4O2S/c1-18-10-11-21-22(14-18)33-25(29-21)30-23(31)16-26(12-6-3-7-13-26)17-28-24(32)20(27)15-19-8-4-2-5-9-19/h2,4-5,8-11,14,20H,3,6-7,12-13,15-17,27H2,1H3,(H,28,32)(H,29,30,31)/t20-/m0/s1. The molecule has 33 heavy (non-hydrogen) atoms. The van der Waals surface area contributed by atoms with Crippen molar-refractivity contribution in [3.05, 3.63) is 59.7 Å². The Bertz CT molecular complexity index is 1110. The molecule has 2 aromatic carbocycles. The first-order valence-electron chi connectivity index (χ1n) is 11.7. The van der Waals surface area contributed by atoms with E-state index in [9.17, 15) is 9.59 Å². The zero-order valence-corrected chi connectivity index (χ0v) is 19.9. The van der Waals surface area contributed by atoms with Gasteiger partial charge in [-0.3, -0.25) is 9.59 Å². The van der Waals surface area contributed by atoms with Gasteiger partial charge in [-0.05, 0) is 54.9 Å². The van der Waals surface area contributed by atoms with E-state index >= 15 is 0 Å². The van der Waals surface area contributed by atoms with Gasteiger partial charge in [-0.25, -0.2) is 4.98 Å². The fourth-order valence-corrected chi connectivity index (χ4v) is 5.65. The van der Waals surface area contributed by atoms with Crippen molar-refractivity contribution in [3.63, 3.8) is 0 Å². The maximum Gasteiger partial charge on any atom is 0.237 e. The molecule has 1 fully saturated rings. The molecule has 0 aliphatic heterocycles. The number of amides is 2. The van der Waals surface area contributed by atoms with Crippen LogP contribution >= 0.6 is 11.3 Å². The summed E-state index contributed by atoms with van der Waals surface area (Å²) in [5.41, 5.74) is 9.03. The second-order valence-electron chi connectivity index (χ2n) is 9.29. The van der Waals surface area contributed by atoms with E-state index in [1.54, 1.807) is 0 Å². The van der Waals surface area contributed by atoms with E-state index < -0.39 is 6.04 Å². The molecule has 1 saturated carbocycles. The van der Waals surface area contributed by atoms with E-state index in [4.69, 9.17) is 5.73 Å². The molecular weight excluding hydrogens is 432 g/mol. The van der Waals surface area contributed by atoms with Gasteiger partial charge in [0.2, 0.25) is 11.8 Å². The third-order valence-corrected chi connectivity index (χ3v) is 7.45. The molecule has 1 aromatic heterocycles. The fraction of sp³-hybridized carbons (Fsp3) is 0.423. The summed E-state index contributed by atoms with van der Waals surface area (Å²) < 4.78 is 1.07. The Kier molecular flexibility index (Phi) is 7.40. The van der Waals surface area contributed by atoms with Gasteiger partial charge in [0.15, 0.2) is 5.13 Å². The number of nitrogens with zero attached hydrogens (tertiary/aromatic N) is 1. The monoisotopic (exact) mass is 464 g/mol. The lowest BCUT2D eigenvalue weighted by molar-refractivity contribution is -0.124. The summed E-state index contributed by atoms with van der Waals surface area (Å²) in [7, 11) is 0. The number of thiazole rings is 1. The van der Waals surface area contributed by atoms with Gasteiger partial charge in [-0.2, -0.15) is 0 Å². The number of nitrogens with one attached hydrogen (secondary N) is 2. The number of hydrogen-bond acceptors (Lipinski definition) is 5. The van der Waals surface area contributed by atoms with Gasteiger partial charge in [0.1, 0.15) is 0 Å². The Balaban J connectivity index is 1.36. The van der Waals surface area contributed by atoms with Crippen molar-refractivity contribution in [1.82, 2.24) is 10.3 Å². The summed E-state index contributed by atoms with van der Waals surface area (Å²) in [4.78, 5) is 30.2. The van der Waals surface area contributed by atoms with Crippen molar-refractivity contribution in [2.24, 2.45) is 11.1 Å². The summed E-state index contributed by atoms with van der Waals surface area (Å²) >= 11 is 1.49. The van der Waals surface area contributed by atoms with Gasteiger partial charge < -0.3 is 16.4 Å². The number of fused-ring (bicyclic) bond motifs is 1. The molecule has 0 unspecified atom stereocenters. The quantitative estimate of drug-likeness (QED) is 0.455. The normalized spacial score (nSPS) is 16.3. The van der Waals surface area contributed by atoms with Crippen LogP contribution in [0.3, 0.4) is 0 Å². The van der Waals surface area contributed by atoms with Crippen LogP contribution < -0.4 is 16.4 Å². The number of hydrogen-bond donors (Lipinski definition) is 3. The number of aromatic nitrogens is 1. The zero-order chi connectivity index (χ0) is 23.3. The minimum atomic E-state index is -0.604. The van der Waals surface area contributed by atoms with E-state index in [1.165, 1.54) is 23.3 Å². The maximum absolute atomic E-state index is 13.0. The van der Waals surface area contributed by atoms with Crippen molar-refractivity contribution in [2.75, 3.05) is 11.9 Å². The molecule has 4 N–H and O–H groups in total. The van der Waals surface area contributed by atoms with E-state index in [0.717, 1.165) is 41.5 Å². The molecule has 2 amide bonds. The summed E-state index contributed by atoms with van der Waals surface area (Å²) in [6.07, 6.45) is 6.02. The Morgan fingerprint density at radius 2 is 1.88 bits per heavy atom. The summed E-state index contributed by atoms with van der Waals surface area (Å²) in [5.74, 6) is -0.207. The second kappa shape index (κ2) is 10.4. The van der Waals surface area contributed by atoms with Crippen LogP contribution in [-0.2, 0) is 16.0 Å². The van der Waals surface area contributed by atoms with Crippen molar-refractivity contribution < 1.29 is 9.59 Å².